The molecule has 3 aromatic rings. The highest BCUT2D eigenvalue weighted by Gasteiger charge is 2.20. The molecule has 0 aliphatic heterocycles. The zero-order chi connectivity index (χ0) is 17.2. The van der Waals surface area contributed by atoms with Crippen LogP contribution >= 0.6 is 22.9 Å². The maximum Gasteiger partial charge on any atom is 0.265 e. The Balaban J connectivity index is 1.96. The van der Waals surface area contributed by atoms with E-state index in [1.54, 1.807) is 23.8 Å². The lowest BCUT2D eigenvalue weighted by Crippen LogP contribution is -2.14. The molecule has 0 aliphatic carbocycles. The smallest absolute Gasteiger partial charge is 0.265 e. The second-order valence-electron chi connectivity index (χ2n) is 4.74. The van der Waals surface area contributed by atoms with Crippen LogP contribution < -0.4 is 9.46 Å². The molecule has 0 aliphatic rings. The summed E-state index contributed by atoms with van der Waals surface area (Å²) in [6.07, 6.45) is 3.04. The Labute approximate surface area is 148 Å². The summed E-state index contributed by atoms with van der Waals surface area (Å²) < 4.78 is 32.9. The molecule has 0 atom stereocenters. The topological polar surface area (TPSA) is 81.2 Å². The molecule has 24 heavy (non-hydrogen) atoms. The van der Waals surface area contributed by atoms with E-state index in [4.69, 9.17) is 16.3 Å². The lowest BCUT2D eigenvalue weighted by molar-refractivity contribution is 0.403. The summed E-state index contributed by atoms with van der Waals surface area (Å²) in [5.41, 5.74) is 3.47. The van der Waals surface area contributed by atoms with Crippen molar-refractivity contribution < 1.29 is 13.2 Å². The number of thiazole rings is 1. The van der Waals surface area contributed by atoms with Crippen LogP contribution in [0, 0.1) is 0 Å². The van der Waals surface area contributed by atoms with Crippen LogP contribution in [0.3, 0.4) is 0 Å². The van der Waals surface area contributed by atoms with Gasteiger partial charge in [0.05, 0.1) is 30.2 Å². The van der Waals surface area contributed by atoms with Crippen LogP contribution in [0.4, 0.5) is 5.69 Å². The van der Waals surface area contributed by atoms with Gasteiger partial charge < -0.3 is 4.74 Å². The van der Waals surface area contributed by atoms with Crippen molar-refractivity contribution in [2.45, 2.75) is 4.90 Å². The number of nitrogens with one attached hydrogen (secondary N) is 1. The van der Waals surface area contributed by atoms with E-state index in [0.717, 1.165) is 11.3 Å². The minimum absolute atomic E-state index is 0.0449. The molecule has 2 aromatic heterocycles. The van der Waals surface area contributed by atoms with Gasteiger partial charge in [-0.05, 0) is 24.3 Å². The predicted molar refractivity (Wildman–Crippen MR) is 94.2 cm³/mol. The van der Waals surface area contributed by atoms with Crippen molar-refractivity contribution >= 4 is 38.6 Å². The van der Waals surface area contributed by atoms with Crippen molar-refractivity contribution in [3.8, 4) is 17.0 Å². The van der Waals surface area contributed by atoms with Gasteiger partial charge in [-0.2, -0.15) is 0 Å². The van der Waals surface area contributed by atoms with Crippen LogP contribution in [0.25, 0.3) is 11.3 Å². The summed E-state index contributed by atoms with van der Waals surface area (Å²) >= 11 is 7.36. The van der Waals surface area contributed by atoms with E-state index in [0.29, 0.717) is 10.7 Å². The summed E-state index contributed by atoms with van der Waals surface area (Å²) in [6, 6.07) is 6.06. The first-order valence-corrected chi connectivity index (χ1v) is 9.50. The number of hydrogen-bond acceptors (Lipinski definition) is 6. The first kappa shape index (κ1) is 16.7. The van der Waals surface area contributed by atoms with E-state index in [2.05, 4.69) is 14.7 Å². The van der Waals surface area contributed by atoms with Gasteiger partial charge >= 0.3 is 0 Å². The lowest BCUT2D eigenvalue weighted by Gasteiger charge is -2.12. The SMILES string of the molecule is COc1ccc(Cl)cc1S(=O)(=O)Nc1cncc(-c2cscn2)c1. The molecule has 1 aromatic carbocycles. The van der Waals surface area contributed by atoms with E-state index in [-0.39, 0.29) is 10.6 Å². The zero-order valence-electron chi connectivity index (χ0n) is 12.4. The highest BCUT2D eigenvalue weighted by Crippen LogP contribution is 2.29. The Bertz CT molecular complexity index is 960. The van der Waals surface area contributed by atoms with E-state index >= 15 is 0 Å². The zero-order valence-corrected chi connectivity index (χ0v) is 14.8. The van der Waals surface area contributed by atoms with Crippen molar-refractivity contribution in [1.82, 2.24) is 9.97 Å². The monoisotopic (exact) mass is 381 g/mol. The van der Waals surface area contributed by atoms with Crippen LogP contribution in [0.1, 0.15) is 0 Å². The average Bonchev–Trinajstić information content (AvgIpc) is 3.09. The number of halogens is 1. The number of aromatic nitrogens is 2. The van der Waals surface area contributed by atoms with Crippen LogP contribution in [-0.4, -0.2) is 25.5 Å². The molecule has 6 nitrogen and oxygen atoms in total. The molecule has 0 radical (unpaired) electrons. The molecule has 0 bridgehead atoms. The van der Waals surface area contributed by atoms with Crippen LogP contribution in [0.2, 0.25) is 5.02 Å². The summed E-state index contributed by atoms with van der Waals surface area (Å²) in [6.45, 7) is 0. The van der Waals surface area contributed by atoms with Crippen LogP contribution in [0.15, 0.2) is 52.4 Å². The lowest BCUT2D eigenvalue weighted by atomic mass is 10.2. The normalized spacial score (nSPS) is 11.2. The van der Waals surface area contributed by atoms with Gasteiger partial charge in [-0.3, -0.25) is 9.71 Å². The second-order valence-corrected chi connectivity index (χ2v) is 7.54. The van der Waals surface area contributed by atoms with Gasteiger partial charge in [0.1, 0.15) is 10.6 Å². The molecule has 0 amide bonds. The number of pyridine rings is 1. The molecule has 3 rings (SSSR count). The molecule has 0 spiro atoms. The molecule has 0 unspecified atom stereocenters. The fourth-order valence-corrected chi connectivity index (χ4v) is 4.09. The molecule has 0 fully saturated rings. The van der Waals surface area contributed by atoms with Crippen LogP contribution in [0.5, 0.6) is 5.75 Å². The van der Waals surface area contributed by atoms with Gasteiger partial charge in [0.2, 0.25) is 0 Å². The van der Waals surface area contributed by atoms with Gasteiger partial charge in [0, 0.05) is 22.2 Å². The molecular weight excluding hydrogens is 370 g/mol. The average molecular weight is 382 g/mol. The van der Waals surface area contributed by atoms with Gasteiger partial charge in [0.15, 0.2) is 0 Å². The number of hydrogen-bond donors (Lipinski definition) is 1. The number of ether oxygens (including phenoxy) is 1. The highest BCUT2D eigenvalue weighted by atomic mass is 35.5. The predicted octanol–water partition coefficient (Wildman–Crippen LogP) is 3.67. The molecule has 1 N–H and O–H groups in total. The van der Waals surface area contributed by atoms with Crippen molar-refractivity contribution in [2.75, 3.05) is 11.8 Å². The third-order valence-corrected chi connectivity index (χ3v) is 5.36. The quantitative estimate of drug-likeness (QED) is 0.729. The molecule has 124 valence electrons. The van der Waals surface area contributed by atoms with E-state index < -0.39 is 10.0 Å². The Morgan fingerprint density at radius 2 is 2.08 bits per heavy atom. The third-order valence-electron chi connectivity index (χ3n) is 3.13. The van der Waals surface area contributed by atoms with Gasteiger partial charge in [-0.15, -0.1) is 11.3 Å². The van der Waals surface area contributed by atoms with Crippen molar-refractivity contribution in [3.63, 3.8) is 0 Å². The van der Waals surface area contributed by atoms with Gasteiger partial charge in [0.25, 0.3) is 10.0 Å². The fourth-order valence-electron chi connectivity index (χ4n) is 2.06. The van der Waals surface area contributed by atoms with Crippen molar-refractivity contribution in [3.05, 3.63) is 52.6 Å². The Morgan fingerprint density at radius 3 is 2.79 bits per heavy atom. The van der Waals surface area contributed by atoms with E-state index in [9.17, 15) is 8.42 Å². The maximum absolute atomic E-state index is 12.6. The van der Waals surface area contributed by atoms with E-state index in [1.807, 2.05) is 5.38 Å². The highest BCUT2D eigenvalue weighted by molar-refractivity contribution is 7.92. The number of rotatable bonds is 5. The van der Waals surface area contributed by atoms with Gasteiger partial charge in [-0.25, -0.2) is 13.4 Å². The molecular formula is C15H12ClN3O3S2. The number of benzene rings is 1. The first-order chi connectivity index (χ1) is 11.5. The summed E-state index contributed by atoms with van der Waals surface area (Å²) in [7, 11) is -2.49. The van der Waals surface area contributed by atoms with Gasteiger partial charge in [-0.1, -0.05) is 11.6 Å². The second kappa shape index (κ2) is 6.76. The number of sulfonamides is 1. The standard InChI is InChI=1S/C15H12ClN3O3S2/c1-22-14-3-2-11(16)5-15(14)24(20,21)19-12-4-10(6-17-7-12)13-8-23-9-18-13/h2-9,19H,1H3. The summed E-state index contributed by atoms with van der Waals surface area (Å²) in [4.78, 5) is 8.20. The first-order valence-electron chi connectivity index (χ1n) is 6.69. The minimum atomic E-state index is -3.88. The third kappa shape index (κ3) is 3.50. The fraction of sp³-hybridized carbons (Fsp3) is 0.0667. The van der Waals surface area contributed by atoms with Crippen molar-refractivity contribution in [2.24, 2.45) is 0 Å². The number of anilines is 1. The largest absolute Gasteiger partial charge is 0.495 e. The molecule has 9 heteroatoms. The maximum atomic E-state index is 12.6. The van der Waals surface area contributed by atoms with Crippen LogP contribution in [-0.2, 0) is 10.0 Å². The molecule has 2 heterocycles. The van der Waals surface area contributed by atoms with Crippen molar-refractivity contribution in [1.29, 1.82) is 0 Å². The van der Waals surface area contributed by atoms with E-state index in [1.165, 1.54) is 36.8 Å². The number of nitrogens with zero attached hydrogens (tertiary/aromatic N) is 2. The minimum Gasteiger partial charge on any atom is -0.495 e. The number of methoxy groups -OCH3 is 1. The molecule has 0 saturated carbocycles. The summed E-state index contributed by atoms with van der Waals surface area (Å²) in [5, 5.41) is 2.15. The Hall–Kier alpha value is -2.16. The Morgan fingerprint density at radius 1 is 1.25 bits per heavy atom. The summed E-state index contributed by atoms with van der Waals surface area (Å²) in [5.74, 6) is 0.204. The molecule has 0 saturated heterocycles. The Kier molecular flexibility index (Phi) is 4.70.